The highest BCUT2D eigenvalue weighted by atomic mass is 16.6. The van der Waals surface area contributed by atoms with E-state index in [0.717, 1.165) is 0 Å². The van der Waals surface area contributed by atoms with Gasteiger partial charge < -0.3 is 24.6 Å². The average molecular weight is 391 g/mol. The van der Waals surface area contributed by atoms with Gasteiger partial charge >= 0.3 is 6.09 Å². The summed E-state index contributed by atoms with van der Waals surface area (Å²) in [5.74, 6) is 0.410. The van der Waals surface area contributed by atoms with Crippen molar-refractivity contribution < 1.29 is 24.5 Å². The second kappa shape index (κ2) is 9.24. The van der Waals surface area contributed by atoms with Crippen LogP contribution in [-0.4, -0.2) is 77.6 Å². The molecule has 1 saturated heterocycles. The molecule has 8 heteroatoms. The lowest BCUT2D eigenvalue weighted by atomic mass is 10.0. The van der Waals surface area contributed by atoms with Crippen LogP contribution in [0, 0.1) is 11.3 Å². The molecule has 8 nitrogen and oxygen atoms in total. The molecule has 0 aromatic heterocycles. The number of carbonyl (C=O) groups excluding carboxylic acids is 1. The molecule has 0 saturated carbocycles. The number of nitrogens with zero attached hydrogens (tertiary/aromatic N) is 3. The molecule has 1 aromatic rings. The number of nitriles is 1. The number of amides is 1. The van der Waals surface area contributed by atoms with Crippen LogP contribution >= 0.6 is 0 Å². The first kappa shape index (κ1) is 22.0. The molecular weight excluding hydrogens is 362 g/mol. The maximum atomic E-state index is 12.3. The fourth-order valence-electron chi connectivity index (χ4n) is 3.13. The van der Waals surface area contributed by atoms with E-state index in [1.54, 1.807) is 23.1 Å². The Morgan fingerprint density at radius 2 is 2.11 bits per heavy atom. The van der Waals surface area contributed by atoms with E-state index in [4.69, 9.17) is 14.7 Å². The van der Waals surface area contributed by atoms with Gasteiger partial charge in [0.15, 0.2) is 0 Å². The van der Waals surface area contributed by atoms with Crippen molar-refractivity contribution >= 4 is 6.09 Å². The highest BCUT2D eigenvalue weighted by molar-refractivity contribution is 5.68. The lowest BCUT2D eigenvalue weighted by molar-refractivity contribution is -0.0147. The van der Waals surface area contributed by atoms with Gasteiger partial charge in [0.05, 0.1) is 31.4 Å². The first-order valence-electron chi connectivity index (χ1n) is 9.27. The number of piperazine rings is 1. The molecule has 0 aliphatic carbocycles. The van der Waals surface area contributed by atoms with Gasteiger partial charge in [-0.15, -0.1) is 0 Å². The summed E-state index contributed by atoms with van der Waals surface area (Å²) < 4.78 is 10.6. The van der Waals surface area contributed by atoms with Crippen LogP contribution in [0.25, 0.3) is 0 Å². The lowest BCUT2D eigenvalue weighted by Crippen LogP contribution is -2.57. The third-order valence-corrected chi connectivity index (χ3v) is 4.61. The number of β-amino-alcohol motifs (C(OH)–C–C–N with tert-alkyl or cyclic N) is 1. The van der Waals surface area contributed by atoms with Crippen LogP contribution in [0.4, 0.5) is 4.79 Å². The number of aliphatic hydroxyl groups excluding tert-OH is 2. The van der Waals surface area contributed by atoms with Gasteiger partial charge in [0.2, 0.25) is 0 Å². The Labute approximate surface area is 165 Å². The Kier molecular flexibility index (Phi) is 7.24. The summed E-state index contributed by atoms with van der Waals surface area (Å²) in [5, 5.41) is 29.5. The summed E-state index contributed by atoms with van der Waals surface area (Å²) >= 11 is 0. The van der Waals surface area contributed by atoms with E-state index >= 15 is 0 Å². The van der Waals surface area contributed by atoms with Crippen molar-refractivity contribution in [3.05, 3.63) is 29.3 Å². The van der Waals surface area contributed by atoms with Crippen molar-refractivity contribution in [2.75, 3.05) is 39.9 Å². The number of methoxy groups -OCH3 is 1. The molecule has 2 atom stereocenters. The monoisotopic (exact) mass is 391 g/mol. The first-order chi connectivity index (χ1) is 13.2. The van der Waals surface area contributed by atoms with Crippen molar-refractivity contribution in [2.45, 2.75) is 38.5 Å². The molecule has 2 rings (SSSR count). The zero-order chi connectivity index (χ0) is 20.9. The second-order valence-electron chi connectivity index (χ2n) is 7.85. The maximum absolute atomic E-state index is 12.3. The van der Waals surface area contributed by atoms with Crippen LogP contribution in [0.3, 0.4) is 0 Å². The van der Waals surface area contributed by atoms with E-state index in [2.05, 4.69) is 0 Å². The predicted molar refractivity (Wildman–Crippen MR) is 103 cm³/mol. The zero-order valence-electron chi connectivity index (χ0n) is 16.9. The van der Waals surface area contributed by atoms with Gasteiger partial charge in [-0.2, -0.15) is 5.26 Å². The summed E-state index contributed by atoms with van der Waals surface area (Å²) in [6.45, 7) is 6.89. The minimum absolute atomic E-state index is 0.136. The molecule has 1 heterocycles. The molecule has 0 radical (unpaired) electrons. The molecule has 1 unspecified atom stereocenters. The van der Waals surface area contributed by atoms with Crippen LogP contribution in [0.5, 0.6) is 5.75 Å². The predicted octanol–water partition coefficient (Wildman–Crippen LogP) is 1.51. The van der Waals surface area contributed by atoms with E-state index in [1.165, 1.54) is 7.11 Å². The zero-order valence-corrected chi connectivity index (χ0v) is 16.9. The highest BCUT2D eigenvalue weighted by Crippen LogP contribution is 2.25. The second-order valence-corrected chi connectivity index (χ2v) is 7.85. The Bertz CT molecular complexity index is 726. The molecule has 28 heavy (non-hydrogen) atoms. The molecule has 2 N–H and O–H groups in total. The molecule has 0 spiro atoms. The van der Waals surface area contributed by atoms with Gasteiger partial charge in [0, 0.05) is 26.2 Å². The summed E-state index contributed by atoms with van der Waals surface area (Å²) in [5.41, 5.74) is 0.452. The molecule has 1 aliphatic heterocycles. The van der Waals surface area contributed by atoms with Crippen molar-refractivity contribution in [1.29, 1.82) is 5.26 Å². The Morgan fingerprint density at radius 3 is 2.68 bits per heavy atom. The van der Waals surface area contributed by atoms with E-state index in [9.17, 15) is 15.0 Å². The first-order valence-corrected chi connectivity index (χ1v) is 9.27. The van der Waals surface area contributed by atoms with Gasteiger partial charge in [0.25, 0.3) is 0 Å². The summed E-state index contributed by atoms with van der Waals surface area (Å²) in [6.07, 6.45) is -1.22. The smallest absolute Gasteiger partial charge is 0.410 e. The highest BCUT2D eigenvalue weighted by Gasteiger charge is 2.32. The number of ether oxygens (including phenoxy) is 2. The van der Waals surface area contributed by atoms with Gasteiger partial charge in [-0.3, -0.25) is 4.90 Å². The largest absolute Gasteiger partial charge is 0.495 e. The number of hydrogen-bond acceptors (Lipinski definition) is 7. The molecule has 0 bridgehead atoms. The normalized spacial score (nSPS) is 19.0. The van der Waals surface area contributed by atoms with Crippen LogP contribution in [-0.2, 0) is 4.74 Å². The van der Waals surface area contributed by atoms with Crippen molar-refractivity contribution in [3.63, 3.8) is 0 Å². The van der Waals surface area contributed by atoms with E-state index < -0.39 is 17.8 Å². The minimum Gasteiger partial charge on any atom is -0.495 e. The molecule has 1 aromatic carbocycles. The molecule has 1 fully saturated rings. The van der Waals surface area contributed by atoms with Crippen molar-refractivity contribution in [2.24, 2.45) is 0 Å². The molecule has 154 valence electrons. The van der Waals surface area contributed by atoms with Gasteiger partial charge in [0.1, 0.15) is 17.4 Å². The third kappa shape index (κ3) is 5.58. The Balaban J connectivity index is 2.03. The molecule has 1 aliphatic rings. The number of aliphatic hydroxyl groups is 2. The summed E-state index contributed by atoms with van der Waals surface area (Å²) in [4.78, 5) is 15.8. The summed E-state index contributed by atoms with van der Waals surface area (Å²) in [6, 6.07) is 6.70. The maximum Gasteiger partial charge on any atom is 0.410 e. The van der Waals surface area contributed by atoms with Crippen LogP contribution in [0.1, 0.15) is 38.0 Å². The number of hydrogen-bond donors (Lipinski definition) is 2. The number of rotatable bonds is 5. The molecule has 1 amide bonds. The van der Waals surface area contributed by atoms with E-state index in [1.807, 2.05) is 31.7 Å². The van der Waals surface area contributed by atoms with Crippen molar-refractivity contribution in [1.82, 2.24) is 9.80 Å². The average Bonchev–Trinajstić information content (AvgIpc) is 2.66. The summed E-state index contributed by atoms with van der Waals surface area (Å²) in [7, 11) is 1.48. The van der Waals surface area contributed by atoms with Gasteiger partial charge in [-0.05, 0) is 38.5 Å². The third-order valence-electron chi connectivity index (χ3n) is 4.61. The SMILES string of the molecule is COc1cc(C(O)CN2CCN(C(=O)OC(C)(C)C)C[C@@H]2CO)ccc1C#N. The van der Waals surface area contributed by atoms with Crippen LogP contribution in [0.2, 0.25) is 0 Å². The number of benzene rings is 1. The fraction of sp³-hybridized carbons (Fsp3) is 0.600. The van der Waals surface area contributed by atoms with Crippen LogP contribution in [0.15, 0.2) is 18.2 Å². The van der Waals surface area contributed by atoms with E-state index in [-0.39, 0.29) is 12.6 Å². The topological polar surface area (TPSA) is 106 Å². The van der Waals surface area contributed by atoms with Gasteiger partial charge in [-0.25, -0.2) is 4.79 Å². The quantitative estimate of drug-likeness (QED) is 0.784. The molecular formula is C20H29N3O5. The van der Waals surface area contributed by atoms with E-state index in [0.29, 0.717) is 43.1 Å². The lowest BCUT2D eigenvalue weighted by Gasteiger charge is -2.41. The van der Waals surface area contributed by atoms with Crippen molar-refractivity contribution in [3.8, 4) is 11.8 Å². The van der Waals surface area contributed by atoms with Gasteiger partial charge in [-0.1, -0.05) is 6.07 Å². The fourth-order valence-corrected chi connectivity index (χ4v) is 3.13. The standard InChI is InChI=1S/C20H29N3O5/c1-20(2,3)28-19(26)23-8-7-22(16(11-23)13-24)12-17(25)14-5-6-15(10-21)18(9-14)27-4/h5-6,9,16-17,24-25H,7-8,11-13H2,1-4H3/t16-,17?/m1/s1. The number of carbonyl (C=O) groups is 1. The van der Waals surface area contributed by atoms with Crippen LogP contribution < -0.4 is 4.74 Å². The Morgan fingerprint density at radius 1 is 1.39 bits per heavy atom. The minimum atomic E-state index is -0.816. The Hall–Kier alpha value is -2.34.